The zero-order chi connectivity index (χ0) is 23.7. The standard InChI is InChI=1S/C19H35NO12/c1-6-11(20-8-2-7(3-21)12(24)16(28)13(8)25)15(27)17(29)19(31-6)32-18-10(4-22)30-5-9(23)14(18)26/h6-29H,2-5H2,1H3/t6-,7-,8+,9+,10-,11-,12-,13+,14-,15+,16+,17-,18-,19-/m1/s1. The zero-order valence-electron chi connectivity index (χ0n) is 17.7. The van der Waals surface area contributed by atoms with Crippen LogP contribution in [0.25, 0.3) is 0 Å². The van der Waals surface area contributed by atoms with E-state index < -0.39 is 98.5 Å². The second-order valence-corrected chi connectivity index (χ2v) is 8.85. The molecule has 14 atom stereocenters. The van der Waals surface area contributed by atoms with Crippen molar-refractivity contribution < 1.29 is 60.2 Å². The quantitative estimate of drug-likeness (QED) is 0.175. The van der Waals surface area contributed by atoms with Gasteiger partial charge in [0.1, 0.15) is 42.7 Å². The van der Waals surface area contributed by atoms with Crippen LogP contribution in [0.1, 0.15) is 13.3 Å². The molecule has 0 spiro atoms. The molecule has 13 heteroatoms. The summed E-state index contributed by atoms with van der Waals surface area (Å²) in [4.78, 5) is 0. The summed E-state index contributed by atoms with van der Waals surface area (Å²) in [6.07, 6.45) is -14.3. The lowest BCUT2D eigenvalue weighted by Crippen LogP contribution is -2.68. The molecule has 13 nitrogen and oxygen atoms in total. The molecule has 3 aliphatic rings. The second-order valence-electron chi connectivity index (χ2n) is 8.85. The maximum Gasteiger partial charge on any atom is 0.187 e. The van der Waals surface area contributed by atoms with Crippen molar-refractivity contribution in [1.82, 2.24) is 5.32 Å². The topological polar surface area (TPSA) is 222 Å². The molecule has 0 radical (unpaired) electrons. The van der Waals surface area contributed by atoms with Crippen molar-refractivity contribution >= 4 is 0 Å². The Kier molecular flexibility index (Phi) is 8.82. The normalized spacial score (nSPS) is 52.7. The molecule has 2 saturated heterocycles. The third-order valence-electron chi connectivity index (χ3n) is 6.69. The van der Waals surface area contributed by atoms with Crippen LogP contribution in [0, 0.1) is 5.92 Å². The maximum atomic E-state index is 10.7. The highest BCUT2D eigenvalue weighted by molar-refractivity contribution is 5.01. The van der Waals surface area contributed by atoms with Crippen molar-refractivity contribution in [2.75, 3.05) is 19.8 Å². The average molecular weight is 469 g/mol. The summed E-state index contributed by atoms with van der Waals surface area (Å²) in [5, 5.41) is 93.4. The summed E-state index contributed by atoms with van der Waals surface area (Å²) in [6, 6.07) is -1.73. The first kappa shape index (κ1) is 26.1. The number of hydrogen-bond donors (Lipinski definition) is 10. The minimum atomic E-state index is -1.61. The third-order valence-corrected chi connectivity index (χ3v) is 6.69. The number of rotatable bonds is 6. The third kappa shape index (κ3) is 5.10. The van der Waals surface area contributed by atoms with Crippen molar-refractivity contribution in [3.8, 4) is 0 Å². The van der Waals surface area contributed by atoms with E-state index in [0.29, 0.717) is 0 Å². The molecule has 2 heterocycles. The van der Waals surface area contributed by atoms with Crippen molar-refractivity contribution in [2.24, 2.45) is 5.92 Å². The molecule has 2 aliphatic heterocycles. The number of aliphatic hydroxyl groups excluding tert-OH is 9. The van der Waals surface area contributed by atoms with Crippen molar-refractivity contribution in [3.05, 3.63) is 0 Å². The fourth-order valence-electron chi connectivity index (χ4n) is 4.63. The monoisotopic (exact) mass is 469 g/mol. The summed E-state index contributed by atoms with van der Waals surface area (Å²) >= 11 is 0. The fourth-order valence-corrected chi connectivity index (χ4v) is 4.63. The number of nitrogens with one attached hydrogen (secondary N) is 1. The van der Waals surface area contributed by atoms with Gasteiger partial charge in [-0.25, -0.2) is 0 Å². The summed E-state index contributed by atoms with van der Waals surface area (Å²) in [6.45, 7) is 0.438. The van der Waals surface area contributed by atoms with Gasteiger partial charge in [0.25, 0.3) is 0 Å². The van der Waals surface area contributed by atoms with Crippen molar-refractivity contribution in [3.63, 3.8) is 0 Å². The molecule has 1 aliphatic carbocycles. The summed E-state index contributed by atoms with van der Waals surface area (Å²) in [5.41, 5.74) is 0. The first-order chi connectivity index (χ1) is 15.1. The van der Waals surface area contributed by atoms with Crippen molar-refractivity contribution in [2.45, 2.75) is 92.8 Å². The molecule has 32 heavy (non-hydrogen) atoms. The van der Waals surface area contributed by atoms with E-state index in [-0.39, 0.29) is 13.0 Å². The van der Waals surface area contributed by atoms with Crippen molar-refractivity contribution in [1.29, 1.82) is 0 Å². The van der Waals surface area contributed by atoms with E-state index in [1.54, 1.807) is 6.92 Å². The lowest BCUT2D eigenvalue weighted by atomic mass is 9.79. The smallest absolute Gasteiger partial charge is 0.187 e. The Labute approximate surface area is 184 Å². The molecule has 0 bridgehead atoms. The molecular formula is C19H35NO12. The average Bonchev–Trinajstić information content (AvgIpc) is 2.77. The van der Waals surface area contributed by atoms with Crippen LogP contribution in [-0.4, -0.2) is 145 Å². The Bertz CT molecular complexity index is 597. The zero-order valence-corrected chi connectivity index (χ0v) is 17.7. The van der Waals surface area contributed by atoms with Crippen LogP contribution in [-0.2, 0) is 14.2 Å². The van der Waals surface area contributed by atoms with Crippen LogP contribution in [0.2, 0.25) is 0 Å². The van der Waals surface area contributed by atoms with Crippen LogP contribution in [0.4, 0.5) is 0 Å². The van der Waals surface area contributed by atoms with E-state index in [0.717, 1.165) is 0 Å². The Balaban J connectivity index is 1.67. The molecule has 0 aromatic heterocycles. The highest BCUT2D eigenvalue weighted by Crippen LogP contribution is 2.30. The molecular weight excluding hydrogens is 434 g/mol. The van der Waals surface area contributed by atoms with Crippen LogP contribution in [0.15, 0.2) is 0 Å². The van der Waals surface area contributed by atoms with Gasteiger partial charge >= 0.3 is 0 Å². The Morgan fingerprint density at radius 2 is 1.53 bits per heavy atom. The van der Waals surface area contributed by atoms with Crippen LogP contribution < -0.4 is 5.32 Å². The molecule has 0 unspecified atom stereocenters. The van der Waals surface area contributed by atoms with E-state index in [2.05, 4.69) is 5.32 Å². The lowest BCUT2D eigenvalue weighted by Gasteiger charge is -2.48. The van der Waals surface area contributed by atoms with E-state index >= 15 is 0 Å². The largest absolute Gasteiger partial charge is 0.396 e. The lowest BCUT2D eigenvalue weighted by molar-refractivity contribution is -0.320. The number of ether oxygens (including phenoxy) is 3. The Morgan fingerprint density at radius 1 is 0.844 bits per heavy atom. The second kappa shape index (κ2) is 10.8. The molecule has 1 saturated carbocycles. The first-order valence-electron chi connectivity index (χ1n) is 10.8. The molecule has 10 N–H and O–H groups in total. The van der Waals surface area contributed by atoms with Gasteiger partial charge in [0.05, 0.1) is 37.6 Å². The molecule has 3 rings (SSSR count). The van der Waals surface area contributed by atoms with E-state index in [4.69, 9.17) is 14.2 Å². The minimum absolute atomic E-state index is 0.101. The van der Waals surface area contributed by atoms with Gasteiger partial charge in [-0.05, 0) is 13.3 Å². The highest BCUT2D eigenvalue weighted by Gasteiger charge is 2.50. The van der Waals surface area contributed by atoms with Crippen LogP contribution in [0.5, 0.6) is 0 Å². The minimum Gasteiger partial charge on any atom is -0.396 e. The SMILES string of the molecule is C[C@H]1O[C@H](O[C@H]2[C@H](O)[C@@H](O)CO[C@@H]2CO)[C@H](O)[C@@H](O)[C@@H]1N[C@H]1C[C@H](CO)[C@@H](O)[C@H](O)[C@H]1O. The molecule has 188 valence electrons. The van der Waals surface area contributed by atoms with Gasteiger partial charge in [-0.2, -0.15) is 0 Å². The van der Waals surface area contributed by atoms with E-state index in [9.17, 15) is 46.0 Å². The summed E-state index contributed by atoms with van der Waals surface area (Å²) in [5.74, 6) is -0.696. The van der Waals surface area contributed by atoms with Gasteiger partial charge in [-0.15, -0.1) is 0 Å². The highest BCUT2D eigenvalue weighted by atomic mass is 16.7. The predicted molar refractivity (Wildman–Crippen MR) is 104 cm³/mol. The maximum absolute atomic E-state index is 10.7. The van der Waals surface area contributed by atoms with Gasteiger partial charge in [0.15, 0.2) is 6.29 Å². The van der Waals surface area contributed by atoms with Crippen LogP contribution in [0.3, 0.4) is 0 Å². The van der Waals surface area contributed by atoms with E-state index in [1.807, 2.05) is 0 Å². The number of hydrogen-bond acceptors (Lipinski definition) is 13. The predicted octanol–water partition coefficient (Wildman–Crippen LogP) is -5.63. The van der Waals surface area contributed by atoms with Gasteiger partial charge in [-0.3, -0.25) is 0 Å². The summed E-state index contributed by atoms with van der Waals surface area (Å²) < 4.78 is 16.5. The Morgan fingerprint density at radius 3 is 2.16 bits per heavy atom. The van der Waals surface area contributed by atoms with Gasteiger partial charge in [0, 0.05) is 18.6 Å². The van der Waals surface area contributed by atoms with E-state index in [1.165, 1.54) is 0 Å². The van der Waals surface area contributed by atoms with Gasteiger partial charge < -0.3 is 65.5 Å². The molecule has 3 fully saturated rings. The Hall–Kier alpha value is -0.520. The van der Waals surface area contributed by atoms with Gasteiger partial charge in [0.2, 0.25) is 0 Å². The summed E-state index contributed by atoms with van der Waals surface area (Å²) in [7, 11) is 0. The molecule has 0 amide bonds. The molecule has 0 aromatic carbocycles. The first-order valence-corrected chi connectivity index (χ1v) is 10.8. The molecule has 0 aromatic rings. The number of aliphatic hydroxyl groups is 9. The fraction of sp³-hybridized carbons (Fsp3) is 1.00. The van der Waals surface area contributed by atoms with Crippen LogP contribution >= 0.6 is 0 Å². The van der Waals surface area contributed by atoms with Gasteiger partial charge in [-0.1, -0.05) is 0 Å².